The largest absolute Gasteiger partial charge is 0.432 e. The third-order valence-electron chi connectivity index (χ3n) is 4.77. The number of nitrogens with zero attached hydrogens (tertiary/aromatic N) is 3. The van der Waals surface area contributed by atoms with E-state index in [-0.39, 0.29) is 11.5 Å². The first kappa shape index (κ1) is 16.7. The molecule has 0 N–H and O–H groups in total. The highest BCUT2D eigenvalue weighted by Crippen LogP contribution is 2.37. The van der Waals surface area contributed by atoms with Crippen molar-refractivity contribution in [3.05, 3.63) is 66.2 Å². The zero-order valence-corrected chi connectivity index (χ0v) is 15.1. The maximum Gasteiger partial charge on any atom is 0.306 e. The predicted molar refractivity (Wildman–Crippen MR) is 99.9 cm³/mol. The first-order valence-corrected chi connectivity index (χ1v) is 8.83. The molecule has 5 aromatic rings. The van der Waals surface area contributed by atoms with Crippen LogP contribution in [0.15, 0.2) is 57.8 Å². The molecule has 3 heterocycles. The minimum Gasteiger partial charge on any atom is -0.432 e. The van der Waals surface area contributed by atoms with Crippen LogP contribution in [-0.2, 0) is 0 Å². The molecule has 0 amide bonds. The Morgan fingerprint density at radius 2 is 1.93 bits per heavy atom. The molecule has 0 bridgehead atoms. The van der Waals surface area contributed by atoms with Crippen molar-refractivity contribution in [1.29, 1.82) is 0 Å². The Morgan fingerprint density at radius 1 is 1.07 bits per heavy atom. The van der Waals surface area contributed by atoms with Crippen molar-refractivity contribution in [2.45, 2.75) is 19.8 Å². The van der Waals surface area contributed by atoms with E-state index in [0.717, 1.165) is 22.7 Å². The molecule has 0 saturated heterocycles. The molecule has 0 aliphatic heterocycles. The first-order chi connectivity index (χ1) is 13.5. The summed E-state index contributed by atoms with van der Waals surface area (Å²) in [5.74, 6) is -0.817. The van der Waals surface area contributed by atoms with Gasteiger partial charge in [0.1, 0.15) is 23.6 Å². The highest BCUT2D eigenvalue weighted by molar-refractivity contribution is 5.89. The van der Waals surface area contributed by atoms with Crippen molar-refractivity contribution in [1.82, 2.24) is 14.5 Å². The summed E-state index contributed by atoms with van der Waals surface area (Å²) in [5, 5.41) is 5.04. The van der Waals surface area contributed by atoms with E-state index in [1.807, 2.05) is 32.0 Å². The van der Waals surface area contributed by atoms with E-state index in [4.69, 9.17) is 8.94 Å². The van der Waals surface area contributed by atoms with Crippen LogP contribution in [0, 0.1) is 11.6 Å². The van der Waals surface area contributed by atoms with Crippen LogP contribution in [0.1, 0.15) is 25.5 Å². The number of halogens is 2. The van der Waals surface area contributed by atoms with Crippen LogP contribution in [0.3, 0.4) is 0 Å². The number of hydrogen-bond acceptors (Lipinski definition) is 4. The van der Waals surface area contributed by atoms with Crippen LogP contribution < -0.4 is 0 Å². The maximum absolute atomic E-state index is 14.5. The molecule has 0 aliphatic rings. The second-order valence-electron chi connectivity index (χ2n) is 6.92. The monoisotopic (exact) mass is 379 g/mol. The van der Waals surface area contributed by atoms with E-state index < -0.39 is 11.6 Å². The molecule has 5 rings (SSSR count). The van der Waals surface area contributed by atoms with E-state index in [1.54, 1.807) is 10.6 Å². The number of aromatic nitrogens is 3. The van der Waals surface area contributed by atoms with E-state index >= 15 is 0 Å². The summed E-state index contributed by atoms with van der Waals surface area (Å²) in [5.41, 5.74) is 3.54. The summed E-state index contributed by atoms with van der Waals surface area (Å²) >= 11 is 0. The molecule has 5 nitrogen and oxygen atoms in total. The fourth-order valence-corrected chi connectivity index (χ4v) is 3.45. The van der Waals surface area contributed by atoms with Crippen molar-refractivity contribution in [3.8, 4) is 22.5 Å². The smallest absolute Gasteiger partial charge is 0.306 e. The summed E-state index contributed by atoms with van der Waals surface area (Å²) in [4.78, 5) is 4.43. The van der Waals surface area contributed by atoms with Crippen molar-refractivity contribution >= 4 is 16.8 Å². The quantitative estimate of drug-likeness (QED) is 0.397. The SMILES string of the molecule is CC(C)c1noc2ccc(-c3c(-c4ccc(F)cc4F)nc4occn34)cc12. The second kappa shape index (κ2) is 6.02. The van der Waals surface area contributed by atoms with Gasteiger partial charge in [0.25, 0.3) is 0 Å². The van der Waals surface area contributed by atoms with Gasteiger partial charge in [-0.3, -0.25) is 4.40 Å². The van der Waals surface area contributed by atoms with Gasteiger partial charge in [-0.25, -0.2) is 8.78 Å². The predicted octanol–water partition coefficient (Wildman–Crippen LogP) is 5.80. The third-order valence-corrected chi connectivity index (χ3v) is 4.77. The Morgan fingerprint density at radius 3 is 2.71 bits per heavy atom. The van der Waals surface area contributed by atoms with Gasteiger partial charge in [-0.15, -0.1) is 0 Å². The van der Waals surface area contributed by atoms with E-state index in [2.05, 4.69) is 10.1 Å². The van der Waals surface area contributed by atoms with E-state index in [9.17, 15) is 8.78 Å². The van der Waals surface area contributed by atoms with Gasteiger partial charge >= 0.3 is 5.84 Å². The molecule has 0 fully saturated rings. The third kappa shape index (κ3) is 2.43. The average Bonchev–Trinajstić information content (AvgIpc) is 3.34. The second-order valence-corrected chi connectivity index (χ2v) is 6.92. The zero-order valence-electron chi connectivity index (χ0n) is 15.1. The van der Waals surface area contributed by atoms with Crippen LogP contribution in [0.25, 0.3) is 39.3 Å². The number of oxazole rings is 1. The van der Waals surface area contributed by atoms with Gasteiger partial charge < -0.3 is 8.94 Å². The molecule has 7 heteroatoms. The van der Waals surface area contributed by atoms with Gasteiger partial charge in [-0.1, -0.05) is 19.0 Å². The zero-order chi connectivity index (χ0) is 19.4. The highest BCUT2D eigenvalue weighted by atomic mass is 19.1. The van der Waals surface area contributed by atoms with Crippen LogP contribution in [0.4, 0.5) is 8.78 Å². The molecule has 0 spiro atoms. The van der Waals surface area contributed by atoms with Gasteiger partial charge in [-0.05, 0) is 36.2 Å². The Labute approximate surface area is 158 Å². The fraction of sp³-hybridized carbons (Fsp3) is 0.143. The molecular formula is C21H15F2N3O2. The number of imidazole rings is 1. The van der Waals surface area contributed by atoms with Crippen LogP contribution >= 0.6 is 0 Å². The van der Waals surface area contributed by atoms with Crippen molar-refractivity contribution < 1.29 is 17.7 Å². The lowest BCUT2D eigenvalue weighted by Gasteiger charge is -2.07. The molecule has 2 aromatic carbocycles. The molecule has 3 aromatic heterocycles. The highest BCUT2D eigenvalue weighted by Gasteiger charge is 2.22. The molecule has 0 atom stereocenters. The van der Waals surface area contributed by atoms with Gasteiger partial charge in [0, 0.05) is 28.8 Å². The van der Waals surface area contributed by atoms with Gasteiger partial charge in [0.15, 0.2) is 5.58 Å². The summed E-state index contributed by atoms with van der Waals surface area (Å²) in [6.45, 7) is 4.08. The summed E-state index contributed by atoms with van der Waals surface area (Å²) < 4.78 is 40.4. The molecule has 0 radical (unpaired) electrons. The lowest BCUT2D eigenvalue weighted by molar-refractivity contribution is 0.441. The minimum absolute atomic E-state index is 0.185. The summed E-state index contributed by atoms with van der Waals surface area (Å²) in [6, 6.07) is 9.08. The Kier molecular flexibility index (Phi) is 3.58. The molecule has 0 unspecified atom stereocenters. The number of hydrogen-bond donors (Lipinski definition) is 0. The fourth-order valence-electron chi connectivity index (χ4n) is 3.45. The van der Waals surface area contributed by atoms with Gasteiger partial charge in [0.2, 0.25) is 0 Å². The van der Waals surface area contributed by atoms with Crippen LogP contribution in [0.2, 0.25) is 0 Å². The van der Waals surface area contributed by atoms with Crippen LogP contribution in [0.5, 0.6) is 0 Å². The average molecular weight is 379 g/mol. The topological polar surface area (TPSA) is 56.5 Å². The molecular weight excluding hydrogens is 364 g/mol. The number of fused-ring (bicyclic) bond motifs is 2. The molecule has 140 valence electrons. The Balaban J connectivity index is 1.80. The first-order valence-electron chi connectivity index (χ1n) is 8.83. The minimum atomic E-state index is -0.684. The van der Waals surface area contributed by atoms with E-state index in [0.29, 0.717) is 22.8 Å². The van der Waals surface area contributed by atoms with Crippen molar-refractivity contribution in [2.24, 2.45) is 0 Å². The maximum atomic E-state index is 14.5. The standard InChI is InChI=1S/C21H15F2N3O2/c1-11(2)18-15-9-12(3-6-17(15)28-25-18)20-19(24-21-26(20)7-8-27-21)14-5-4-13(22)10-16(14)23/h3-11H,1-2H3. The van der Waals surface area contributed by atoms with Crippen LogP contribution in [-0.4, -0.2) is 14.5 Å². The number of rotatable bonds is 3. The van der Waals surface area contributed by atoms with Gasteiger partial charge in [-0.2, -0.15) is 4.98 Å². The van der Waals surface area contributed by atoms with E-state index in [1.165, 1.54) is 18.4 Å². The van der Waals surface area contributed by atoms with Crippen molar-refractivity contribution in [2.75, 3.05) is 0 Å². The summed E-state index contributed by atoms with van der Waals surface area (Å²) in [6.07, 6.45) is 3.22. The summed E-state index contributed by atoms with van der Waals surface area (Å²) in [7, 11) is 0. The van der Waals surface area contributed by atoms with Gasteiger partial charge in [0.05, 0.1) is 11.4 Å². The molecule has 28 heavy (non-hydrogen) atoms. The lowest BCUT2D eigenvalue weighted by atomic mass is 10.0. The van der Waals surface area contributed by atoms with Crippen molar-refractivity contribution in [3.63, 3.8) is 0 Å². The normalized spacial score (nSPS) is 11.9. The number of benzene rings is 2. The molecule has 0 saturated carbocycles. The molecule has 0 aliphatic carbocycles. The lowest BCUT2D eigenvalue weighted by Crippen LogP contribution is -1.92. The Hall–Kier alpha value is -3.48. The Bertz CT molecular complexity index is 1330.